The molecule has 0 radical (unpaired) electrons. The molecule has 0 saturated carbocycles. The number of piperidine rings is 3. The van der Waals surface area contributed by atoms with Gasteiger partial charge in [-0.25, -0.2) is 0 Å². The lowest BCUT2D eigenvalue weighted by molar-refractivity contribution is -0.137. The van der Waals surface area contributed by atoms with Crippen molar-refractivity contribution in [2.75, 3.05) is 33.2 Å². The van der Waals surface area contributed by atoms with E-state index >= 15 is 0 Å². The molecule has 0 aliphatic carbocycles. The highest BCUT2D eigenvalue weighted by Gasteiger charge is 2.37. The first-order valence-electron chi connectivity index (χ1n) is 7.98. The van der Waals surface area contributed by atoms with Crippen molar-refractivity contribution in [2.24, 2.45) is 5.92 Å². The van der Waals surface area contributed by atoms with Gasteiger partial charge in [-0.05, 0) is 58.2 Å². The van der Waals surface area contributed by atoms with Crippen molar-refractivity contribution < 1.29 is 4.79 Å². The molecule has 108 valence electrons. The molecule has 3 fully saturated rings. The van der Waals surface area contributed by atoms with E-state index in [1.54, 1.807) is 0 Å². The summed E-state index contributed by atoms with van der Waals surface area (Å²) in [7, 11) is 2.25. The van der Waals surface area contributed by atoms with Crippen LogP contribution in [-0.4, -0.2) is 61.0 Å². The quantitative estimate of drug-likeness (QED) is 0.770. The third-order valence-corrected chi connectivity index (χ3v) is 5.27. The molecule has 0 aromatic rings. The van der Waals surface area contributed by atoms with Gasteiger partial charge >= 0.3 is 0 Å². The van der Waals surface area contributed by atoms with Crippen LogP contribution in [-0.2, 0) is 4.79 Å². The first-order valence-corrected chi connectivity index (χ1v) is 7.98. The fourth-order valence-electron chi connectivity index (χ4n) is 4.14. The molecular weight excluding hydrogens is 238 g/mol. The predicted molar refractivity (Wildman–Crippen MR) is 76.0 cm³/mol. The van der Waals surface area contributed by atoms with Crippen molar-refractivity contribution >= 4 is 5.91 Å². The van der Waals surface area contributed by atoms with Gasteiger partial charge in [-0.15, -0.1) is 0 Å². The molecule has 4 heteroatoms. The van der Waals surface area contributed by atoms with Gasteiger partial charge < -0.3 is 15.1 Å². The van der Waals surface area contributed by atoms with Gasteiger partial charge in [0, 0.05) is 19.1 Å². The fourth-order valence-corrected chi connectivity index (χ4v) is 4.14. The van der Waals surface area contributed by atoms with Gasteiger partial charge in [-0.3, -0.25) is 4.79 Å². The summed E-state index contributed by atoms with van der Waals surface area (Å²) in [6, 6.07) is 0.823. The average molecular weight is 265 g/mol. The van der Waals surface area contributed by atoms with E-state index in [0.717, 1.165) is 32.1 Å². The number of fused-ring (bicyclic) bond motifs is 1. The molecule has 0 aromatic heterocycles. The molecule has 3 rings (SSSR count). The predicted octanol–water partition coefficient (Wildman–Crippen LogP) is 1.07. The Morgan fingerprint density at radius 1 is 1.11 bits per heavy atom. The lowest BCUT2D eigenvalue weighted by atomic mass is 9.84. The van der Waals surface area contributed by atoms with Crippen molar-refractivity contribution in [1.29, 1.82) is 0 Å². The number of carbonyl (C=O) groups excluding carboxylic acids is 1. The van der Waals surface area contributed by atoms with Crippen LogP contribution >= 0.6 is 0 Å². The summed E-state index contributed by atoms with van der Waals surface area (Å²) in [5.41, 5.74) is 0. The van der Waals surface area contributed by atoms with E-state index in [2.05, 4.69) is 22.2 Å². The Balaban J connectivity index is 1.59. The minimum Gasteiger partial charge on any atom is -0.341 e. The Labute approximate surface area is 116 Å². The SMILES string of the molecule is CN1CCCC2CN(C(=O)[C@H]3CCCCN3)CCC21. The number of amides is 1. The van der Waals surface area contributed by atoms with Gasteiger partial charge in [0.2, 0.25) is 5.91 Å². The van der Waals surface area contributed by atoms with Crippen molar-refractivity contribution in [3.63, 3.8) is 0 Å². The number of likely N-dealkylation sites (tertiary alicyclic amines) is 2. The molecule has 0 aromatic carbocycles. The maximum atomic E-state index is 12.6. The molecular formula is C15H27N3O. The van der Waals surface area contributed by atoms with Gasteiger partial charge in [0.15, 0.2) is 0 Å². The van der Waals surface area contributed by atoms with Gasteiger partial charge in [-0.2, -0.15) is 0 Å². The van der Waals surface area contributed by atoms with Crippen LogP contribution in [0, 0.1) is 5.92 Å². The lowest BCUT2D eigenvalue weighted by Gasteiger charge is -2.46. The molecule has 3 heterocycles. The number of carbonyl (C=O) groups is 1. The number of hydrogen-bond donors (Lipinski definition) is 1. The highest BCUT2D eigenvalue weighted by atomic mass is 16.2. The number of nitrogens with zero attached hydrogens (tertiary/aromatic N) is 2. The molecule has 3 aliphatic rings. The standard InChI is InChI=1S/C15H27N3O/c1-17-9-4-5-12-11-18(10-7-14(12)17)15(19)13-6-2-3-8-16-13/h12-14,16H,2-11H2,1H3/t12?,13-,14?/m1/s1. The van der Waals surface area contributed by atoms with Crippen LogP contribution in [0.4, 0.5) is 0 Å². The smallest absolute Gasteiger partial charge is 0.239 e. The molecule has 2 unspecified atom stereocenters. The van der Waals surface area contributed by atoms with E-state index in [1.165, 1.54) is 38.6 Å². The van der Waals surface area contributed by atoms with Crippen molar-refractivity contribution in [3.05, 3.63) is 0 Å². The molecule has 1 amide bonds. The van der Waals surface area contributed by atoms with Gasteiger partial charge in [-0.1, -0.05) is 6.42 Å². The zero-order valence-corrected chi connectivity index (χ0v) is 12.1. The molecule has 3 saturated heterocycles. The van der Waals surface area contributed by atoms with Gasteiger partial charge in [0.05, 0.1) is 6.04 Å². The van der Waals surface area contributed by atoms with Gasteiger partial charge in [0.1, 0.15) is 0 Å². The normalized spacial score (nSPS) is 36.9. The second-order valence-corrected chi connectivity index (χ2v) is 6.53. The minimum absolute atomic E-state index is 0.103. The summed E-state index contributed by atoms with van der Waals surface area (Å²) in [5, 5.41) is 3.40. The zero-order chi connectivity index (χ0) is 13.2. The number of nitrogens with one attached hydrogen (secondary N) is 1. The minimum atomic E-state index is 0.103. The summed E-state index contributed by atoms with van der Waals surface area (Å²) in [4.78, 5) is 17.2. The second-order valence-electron chi connectivity index (χ2n) is 6.53. The maximum Gasteiger partial charge on any atom is 0.239 e. The van der Waals surface area contributed by atoms with Crippen LogP contribution in [0.5, 0.6) is 0 Å². The highest BCUT2D eigenvalue weighted by molar-refractivity contribution is 5.82. The molecule has 19 heavy (non-hydrogen) atoms. The molecule has 1 N–H and O–H groups in total. The summed E-state index contributed by atoms with van der Waals surface area (Å²) in [6.45, 7) is 4.20. The van der Waals surface area contributed by atoms with Crippen LogP contribution in [0.15, 0.2) is 0 Å². The van der Waals surface area contributed by atoms with Crippen LogP contribution in [0.2, 0.25) is 0 Å². The topological polar surface area (TPSA) is 35.6 Å². The van der Waals surface area contributed by atoms with E-state index in [0.29, 0.717) is 11.8 Å². The highest BCUT2D eigenvalue weighted by Crippen LogP contribution is 2.30. The summed E-state index contributed by atoms with van der Waals surface area (Å²) in [6.07, 6.45) is 7.21. The van der Waals surface area contributed by atoms with E-state index in [9.17, 15) is 4.79 Å². The number of rotatable bonds is 1. The Hall–Kier alpha value is -0.610. The Morgan fingerprint density at radius 3 is 2.79 bits per heavy atom. The average Bonchev–Trinajstić information content (AvgIpc) is 2.47. The van der Waals surface area contributed by atoms with Crippen LogP contribution < -0.4 is 5.32 Å². The molecule has 0 bridgehead atoms. The maximum absolute atomic E-state index is 12.6. The van der Waals surface area contributed by atoms with Crippen molar-refractivity contribution in [3.8, 4) is 0 Å². The zero-order valence-electron chi connectivity index (χ0n) is 12.1. The third-order valence-electron chi connectivity index (χ3n) is 5.27. The Kier molecular flexibility index (Phi) is 4.08. The summed E-state index contributed by atoms with van der Waals surface area (Å²) in [5.74, 6) is 1.08. The third kappa shape index (κ3) is 2.79. The van der Waals surface area contributed by atoms with E-state index < -0.39 is 0 Å². The summed E-state index contributed by atoms with van der Waals surface area (Å²) < 4.78 is 0. The largest absolute Gasteiger partial charge is 0.341 e. The molecule has 3 atom stereocenters. The monoisotopic (exact) mass is 265 g/mol. The first-order chi connectivity index (χ1) is 9.25. The van der Waals surface area contributed by atoms with Gasteiger partial charge in [0.25, 0.3) is 0 Å². The van der Waals surface area contributed by atoms with Crippen molar-refractivity contribution in [2.45, 2.75) is 50.6 Å². The molecule has 3 aliphatic heterocycles. The second kappa shape index (κ2) is 5.80. The molecule has 4 nitrogen and oxygen atoms in total. The van der Waals surface area contributed by atoms with Crippen LogP contribution in [0.25, 0.3) is 0 Å². The van der Waals surface area contributed by atoms with E-state index in [-0.39, 0.29) is 6.04 Å². The fraction of sp³-hybridized carbons (Fsp3) is 0.933. The lowest BCUT2D eigenvalue weighted by Crippen LogP contribution is -2.57. The Morgan fingerprint density at radius 2 is 2.00 bits per heavy atom. The van der Waals surface area contributed by atoms with E-state index in [1.807, 2.05) is 0 Å². The summed E-state index contributed by atoms with van der Waals surface area (Å²) >= 11 is 0. The van der Waals surface area contributed by atoms with E-state index in [4.69, 9.17) is 0 Å². The van der Waals surface area contributed by atoms with Crippen molar-refractivity contribution in [1.82, 2.24) is 15.1 Å². The van der Waals surface area contributed by atoms with Crippen LogP contribution in [0.3, 0.4) is 0 Å². The number of hydrogen-bond acceptors (Lipinski definition) is 3. The first kappa shape index (κ1) is 13.4. The molecule has 0 spiro atoms. The Bertz CT molecular complexity index is 327. The van der Waals surface area contributed by atoms with Crippen LogP contribution in [0.1, 0.15) is 38.5 Å².